The van der Waals surface area contributed by atoms with Gasteiger partial charge in [0, 0.05) is 4.47 Å². The highest BCUT2D eigenvalue weighted by molar-refractivity contribution is 9.10. The first-order valence-corrected chi connectivity index (χ1v) is 5.84. The number of hydrogen-bond donors (Lipinski definition) is 1. The van der Waals surface area contributed by atoms with E-state index in [1.54, 1.807) is 26.8 Å². The quantitative estimate of drug-likeness (QED) is 0.853. The highest BCUT2D eigenvalue weighted by Crippen LogP contribution is 2.33. The fourth-order valence-electron chi connectivity index (χ4n) is 1.26. The van der Waals surface area contributed by atoms with Crippen LogP contribution in [-0.4, -0.2) is 23.8 Å². The summed E-state index contributed by atoms with van der Waals surface area (Å²) in [7, 11) is 1.43. The second-order valence-corrected chi connectivity index (χ2v) is 5.42. The summed E-state index contributed by atoms with van der Waals surface area (Å²) in [5.41, 5.74) is -0.590. The highest BCUT2D eigenvalue weighted by Gasteiger charge is 2.24. The summed E-state index contributed by atoms with van der Waals surface area (Å²) in [6.07, 6.45) is 0. The number of methoxy groups -OCH3 is 1. The lowest BCUT2D eigenvalue weighted by Gasteiger charge is -2.20. The minimum Gasteiger partial charge on any atom is -0.507 e. The van der Waals surface area contributed by atoms with Gasteiger partial charge in [-0.2, -0.15) is 0 Å². The molecule has 0 aliphatic heterocycles. The molecule has 0 aliphatic carbocycles. The fraction of sp³-hybridized carbons (Fsp3) is 0.417. The predicted molar refractivity (Wildman–Crippen MR) is 67.5 cm³/mol. The molecule has 0 spiro atoms. The molecule has 0 atom stereocenters. The number of carbonyl (C=O) groups is 1. The number of aromatic hydroxyl groups is 1. The van der Waals surface area contributed by atoms with Crippen molar-refractivity contribution in [3.63, 3.8) is 0 Å². The maximum Gasteiger partial charge on any atom is 0.346 e. The number of phenols is 1. The lowest BCUT2D eigenvalue weighted by atomic mass is 10.1. The summed E-state index contributed by atoms with van der Waals surface area (Å²) in [6.45, 7) is 5.27. The minimum absolute atomic E-state index is 0.0330. The van der Waals surface area contributed by atoms with Gasteiger partial charge in [-0.25, -0.2) is 4.79 Å². The van der Waals surface area contributed by atoms with Gasteiger partial charge >= 0.3 is 5.97 Å². The Bertz CT molecular complexity index is 435. The van der Waals surface area contributed by atoms with Crippen LogP contribution < -0.4 is 4.74 Å². The number of benzene rings is 1. The van der Waals surface area contributed by atoms with Crippen LogP contribution in [-0.2, 0) is 4.74 Å². The molecule has 4 nitrogen and oxygen atoms in total. The molecule has 17 heavy (non-hydrogen) atoms. The van der Waals surface area contributed by atoms with E-state index in [1.807, 2.05) is 0 Å². The third-order valence-electron chi connectivity index (χ3n) is 1.87. The number of halogens is 1. The van der Waals surface area contributed by atoms with Crippen LogP contribution in [0.3, 0.4) is 0 Å². The molecule has 0 heterocycles. The van der Waals surface area contributed by atoms with Crippen LogP contribution in [0, 0.1) is 0 Å². The van der Waals surface area contributed by atoms with Crippen LogP contribution in [0.5, 0.6) is 11.5 Å². The molecule has 0 bridgehead atoms. The summed E-state index contributed by atoms with van der Waals surface area (Å²) in [4.78, 5) is 11.9. The van der Waals surface area contributed by atoms with Gasteiger partial charge in [-0.1, -0.05) is 15.9 Å². The number of esters is 1. The molecule has 0 aliphatic rings. The third kappa shape index (κ3) is 3.63. The normalized spacial score (nSPS) is 11.1. The Morgan fingerprint density at radius 1 is 1.35 bits per heavy atom. The van der Waals surface area contributed by atoms with Gasteiger partial charge in [0.1, 0.15) is 22.7 Å². The Morgan fingerprint density at radius 3 is 2.41 bits per heavy atom. The van der Waals surface area contributed by atoms with Crippen molar-refractivity contribution in [3.05, 3.63) is 22.2 Å². The second kappa shape index (κ2) is 4.96. The van der Waals surface area contributed by atoms with E-state index >= 15 is 0 Å². The van der Waals surface area contributed by atoms with Crippen LogP contribution in [0.1, 0.15) is 31.1 Å². The average Bonchev–Trinajstić information content (AvgIpc) is 2.12. The number of rotatable bonds is 2. The van der Waals surface area contributed by atoms with Gasteiger partial charge in [0.05, 0.1) is 7.11 Å². The Kier molecular flexibility index (Phi) is 4.03. The van der Waals surface area contributed by atoms with Crippen LogP contribution in [0.4, 0.5) is 0 Å². The summed E-state index contributed by atoms with van der Waals surface area (Å²) < 4.78 is 10.9. The van der Waals surface area contributed by atoms with Crippen LogP contribution in [0.15, 0.2) is 16.6 Å². The van der Waals surface area contributed by atoms with Gasteiger partial charge in [-0.15, -0.1) is 0 Å². The molecule has 0 saturated heterocycles. The van der Waals surface area contributed by atoms with E-state index in [4.69, 9.17) is 9.47 Å². The lowest BCUT2D eigenvalue weighted by molar-refractivity contribution is 0.00637. The first-order chi connectivity index (χ1) is 7.74. The summed E-state index contributed by atoms with van der Waals surface area (Å²) in [5, 5.41) is 9.76. The number of carbonyl (C=O) groups excluding carboxylic acids is 1. The Morgan fingerprint density at radius 2 is 1.94 bits per heavy atom. The SMILES string of the molecule is COc1cc(Br)cc(O)c1C(=O)OC(C)(C)C. The topological polar surface area (TPSA) is 55.8 Å². The molecular formula is C12H15BrO4. The van der Waals surface area contributed by atoms with E-state index in [-0.39, 0.29) is 17.1 Å². The number of hydrogen-bond acceptors (Lipinski definition) is 4. The van der Waals surface area contributed by atoms with Gasteiger partial charge < -0.3 is 14.6 Å². The van der Waals surface area contributed by atoms with Gasteiger partial charge in [0.25, 0.3) is 0 Å². The lowest BCUT2D eigenvalue weighted by Crippen LogP contribution is -2.24. The predicted octanol–water partition coefficient (Wildman–Crippen LogP) is 3.12. The zero-order valence-electron chi connectivity index (χ0n) is 10.2. The smallest absolute Gasteiger partial charge is 0.346 e. The van der Waals surface area contributed by atoms with Crippen molar-refractivity contribution < 1.29 is 19.4 Å². The molecule has 0 aromatic heterocycles. The van der Waals surface area contributed by atoms with Gasteiger partial charge in [0.2, 0.25) is 0 Å². The largest absolute Gasteiger partial charge is 0.507 e. The van der Waals surface area contributed by atoms with Crippen molar-refractivity contribution in [1.82, 2.24) is 0 Å². The van der Waals surface area contributed by atoms with E-state index in [0.29, 0.717) is 4.47 Å². The summed E-state index contributed by atoms with van der Waals surface area (Å²) >= 11 is 3.21. The first kappa shape index (κ1) is 13.8. The Hall–Kier alpha value is -1.23. The summed E-state index contributed by atoms with van der Waals surface area (Å²) in [5.74, 6) is -0.518. The van der Waals surface area contributed by atoms with Gasteiger partial charge in [0.15, 0.2) is 0 Å². The monoisotopic (exact) mass is 302 g/mol. The van der Waals surface area contributed by atoms with E-state index in [1.165, 1.54) is 13.2 Å². The summed E-state index contributed by atoms with van der Waals surface area (Å²) in [6, 6.07) is 3.01. The zero-order valence-corrected chi connectivity index (χ0v) is 11.8. The molecule has 0 saturated carbocycles. The van der Waals surface area contributed by atoms with Gasteiger partial charge in [-0.05, 0) is 32.9 Å². The third-order valence-corrected chi connectivity index (χ3v) is 2.33. The zero-order chi connectivity index (χ0) is 13.2. The van der Waals surface area contributed by atoms with E-state index in [2.05, 4.69) is 15.9 Å². The van der Waals surface area contributed by atoms with Crippen molar-refractivity contribution in [3.8, 4) is 11.5 Å². The molecular weight excluding hydrogens is 288 g/mol. The number of ether oxygens (including phenoxy) is 2. The van der Waals surface area contributed by atoms with Gasteiger partial charge in [-0.3, -0.25) is 0 Å². The Balaban J connectivity index is 3.17. The molecule has 0 fully saturated rings. The van der Waals surface area contributed by atoms with E-state index in [9.17, 15) is 9.90 Å². The Labute approximate surface area is 109 Å². The molecule has 0 amide bonds. The van der Waals surface area contributed by atoms with Crippen LogP contribution >= 0.6 is 15.9 Å². The maximum absolute atomic E-state index is 11.9. The highest BCUT2D eigenvalue weighted by atomic mass is 79.9. The van der Waals surface area contributed by atoms with E-state index < -0.39 is 11.6 Å². The standard InChI is InChI=1S/C12H15BrO4/c1-12(2,3)17-11(15)10-8(14)5-7(13)6-9(10)16-4/h5-6,14H,1-4H3. The van der Waals surface area contributed by atoms with Crippen molar-refractivity contribution in [2.75, 3.05) is 7.11 Å². The molecule has 0 radical (unpaired) electrons. The van der Waals surface area contributed by atoms with Crippen molar-refractivity contribution >= 4 is 21.9 Å². The molecule has 1 aromatic carbocycles. The fourth-order valence-corrected chi connectivity index (χ4v) is 1.69. The maximum atomic E-state index is 11.9. The molecule has 1 rings (SSSR count). The first-order valence-electron chi connectivity index (χ1n) is 5.04. The van der Waals surface area contributed by atoms with Crippen molar-refractivity contribution in [1.29, 1.82) is 0 Å². The molecule has 0 unspecified atom stereocenters. The molecule has 1 aromatic rings. The second-order valence-electron chi connectivity index (χ2n) is 4.50. The van der Waals surface area contributed by atoms with E-state index in [0.717, 1.165) is 0 Å². The molecule has 5 heteroatoms. The molecule has 94 valence electrons. The minimum atomic E-state index is -0.623. The number of phenolic OH excluding ortho intramolecular Hbond substituents is 1. The molecule has 1 N–H and O–H groups in total. The van der Waals surface area contributed by atoms with Crippen LogP contribution in [0.25, 0.3) is 0 Å². The van der Waals surface area contributed by atoms with Crippen molar-refractivity contribution in [2.24, 2.45) is 0 Å². The average molecular weight is 303 g/mol. The van der Waals surface area contributed by atoms with Crippen LogP contribution in [0.2, 0.25) is 0 Å². The van der Waals surface area contributed by atoms with Crippen molar-refractivity contribution in [2.45, 2.75) is 26.4 Å².